The smallest absolute Gasteiger partial charge is 0.303 e. The molecule has 4 nitrogen and oxygen atoms in total. The van der Waals surface area contributed by atoms with Crippen LogP contribution in [0.1, 0.15) is 52.8 Å². The number of carboxylic acids is 1. The number of ether oxygens (including phenoxy) is 1. The van der Waals surface area contributed by atoms with Crippen LogP contribution < -0.4 is 4.74 Å². The van der Waals surface area contributed by atoms with Gasteiger partial charge in [0.15, 0.2) is 0 Å². The van der Waals surface area contributed by atoms with E-state index < -0.39 is 5.97 Å². The summed E-state index contributed by atoms with van der Waals surface area (Å²) >= 11 is 1.73. The third kappa shape index (κ3) is 3.72. The zero-order valence-electron chi connectivity index (χ0n) is 17.7. The summed E-state index contributed by atoms with van der Waals surface area (Å²) in [6, 6.07) is 14.7. The summed E-state index contributed by atoms with van der Waals surface area (Å²) in [7, 11) is 0. The number of carbonyl (C=O) groups is 1. The molecule has 2 aromatic carbocycles. The topological polar surface area (TPSA) is 59.4 Å². The van der Waals surface area contributed by atoms with Crippen LogP contribution in [0.25, 0.3) is 11.1 Å². The first kappa shape index (κ1) is 20.1. The summed E-state index contributed by atoms with van der Waals surface area (Å²) in [5.74, 6) is 1.03. The Labute approximate surface area is 186 Å². The van der Waals surface area contributed by atoms with Crippen LogP contribution in [0.5, 0.6) is 5.75 Å². The van der Waals surface area contributed by atoms with Gasteiger partial charge in [-0.3, -0.25) is 9.78 Å². The van der Waals surface area contributed by atoms with Crippen molar-refractivity contribution in [2.45, 2.75) is 50.0 Å². The van der Waals surface area contributed by atoms with Crippen LogP contribution in [-0.4, -0.2) is 21.8 Å². The maximum absolute atomic E-state index is 11.1. The highest BCUT2D eigenvalue weighted by Crippen LogP contribution is 2.45. The lowest BCUT2D eigenvalue weighted by atomic mass is 9.93. The molecule has 1 unspecified atom stereocenters. The Morgan fingerprint density at radius 2 is 2.06 bits per heavy atom. The van der Waals surface area contributed by atoms with Gasteiger partial charge in [-0.15, -0.1) is 11.8 Å². The van der Waals surface area contributed by atoms with E-state index >= 15 is 0 Å². The summed E-state index contributed by atoms with van der Waals surface area (Å²) in [6.07, 6.45) is 4.04. The second-order valence-corrected chi connectivity index (χ2v) is 9.47. The van der Waals surface area contributed by atoms with Gasteiger partial charge in [-0.25, -0.2) is 0 Å². The maximum Gasteiger partial charge on any atom is 0.303 e. The zero-order chi connectivity index (χ0) is 21.5. The molecule has 0 spiro atoms. The average molecular weight is 432 g/mol. The van der Waals surface area contributed by atoms with Gasteiger partial charge in [-0.2, -0.15) is 0 Å². The lowest BCUT2D eigenvalue weighted by molar-refractivity contribution is -0.137. The molecule has 2 heterocycles. The summed E-state index contributed by atoms with van der Waals surface area (Å²) < 4.78 is 6.45. The second kappa shape index (κ2) is 8.04. The number of fused-ring (bicyclic) bond motifs is 2. The van der Waals surface area contributed by atoms with E-state index in [4.69, 9.17) is 9.84 Å². The number of pyridine rings is 1. The maximum atomic E-state index is 11.1. The number of benzene rings is 2. The van der Waals surface area contributed by atoms with Crippen LogP contribution in [0.2, 0.25) is 0 Å². The molecule has 2 atom stereocenters. The molecule has 158 valence electrons. The fraction of sp³-hybridized carbons (Fsp3) is 0.308. The molecule has 31 heavy (non-hydrogen) atoms. The Kier molecular flexibility index (Phi) is 5.22. The van der Waals surface area contributed by atoms with E-state index in [-0.39, 0.29) is 18.4 Å². The Morgan fingerprint density at radius 1 is 1.19 bits per heavy atom. The highest BCUT2D eigenvalue weighted by Gasteiger charge is 2.29. The van der Waals surface area contributed by atoms with Crippen molar-refractivity contribution < 1.29 is 14.6 Å². The van der Waals surface area contributed by atoms with E-state index in [2.05, 4.69) is 49.2 Å². The molecule has 0 saturated carbocycles. The predicted molar refractivity (Wildman–Crippen MR) is 123 cm³/mol. The summed E-state index contributed by atoms with van der Waals surface area (Å²) in [5.41, 5.74) is 8.57. The first-order valence-corrected chi connectivity index (χ1v) is 11.7. The van der Waals surface area contributed by atoms with Crippen molar-refractivity contribution in [2.75, 3.05) is 5.75 Å². The van der Waals surface area contributed by atoms with Crippen molar-refractivity contribution in [1.82, 2.24) is 4.98 Å². The first-order chi connectivity index (χ1) is 15.0. The van der Waals surface area contributed by atoms with Crippen molar-refractivity contribution in [2.24, 2.45) is 0 Å². The van der Waals surface area contributed by atoms with Crippen LogP contribution in [0, 0.1) is 13.8 Å². The predicted octanol–water partition coefficient (Wildman–Crippen LogP) is 6.10. The molecule has 1 aliphatic heterocycles. The highest BCUT2D eigenvalue weighted by molar-refractivity contribution is 7.99. The van der Waals surface area contributed by atoms with Gasteiger partial charge in [0.25, 0.3) is 0 Å². The number of nitrogens with zero attached hydrogens (tertiary/aromatic N) is 1. The van der Waals surface area contributed by atoms with E-state index in [1.54, 1.807) is 11.8 Å². The summed E-state index contributed by atoms with van der Waals surface area (Å²) in [4.78, 5) is 16.8. The van der Waals surface area contributed by atoms with Gasteiger partial charge in [-0.05, 0) is 72.7 Å². The van der Waals surface area contributed by atoms with Crippen molar-refractivity contribution in [1.29, 1.82) is 0 Å². The minimum atomic E-state index is -0.740. The monoisotopic (exact) mass is 431 g/mol. The average Bonchev–Trinajstić information content (AvgIpc) is 3.32. The normalized spacial score (nSPS) is 19.2. The largest absolute Gasteiger partial charge is 0.486 e. The number of hydrogen-bond donors (Lipinski definition) is 1. The fourth-order valence-electron chi connectivity index (χ4n) is 4.95. The molecule has 1 aromatic heterocycles. The Bertz CT molecular complexity index is 1150. The van der Waals surface area contributed by atoms with E-state index in [1.165, 1.54) is 27.8 Å². The van der Waals surface area contributed by atoms with E-state index in [0.29, 0.717) is 0 Å². The third-order valence-electron chi connectivity index (χ3n) is 6.40. The van der Waals surface area contributed by atoms with E-state index in [0.717, 1.165) is 40.5 Å². The standard InChI is InChI=1S/C26H25NO3S/c1-15-10-11-27-16(2)26(15)22-5-3-4-21-20(22)8-9-23(21)30-18-6-7-19-17(12-25(28)29)14-31-24(19)13-18/h3-7,10-11,13,17,23H,8-9,12,14H2,1-2H3,(H,28,29)/t17-,23?/m1/s1. The van der Waals surface area contributed by atoms with Crippen LogP contribution in [-0.2, 0) is 11.2 Å². The molecular weight excluding hydrogens is 406 g/mol. The number of aryl methyl sites for hydroxylation is 2. The van der Waals surface area contributed by atoms with Gasteiger partial charge in [0.1, 0.15) is 11.9 Å². The SMILES string of the molecule is Cc1ccnc(C)c1-c1cccc2c1CCC2Oc1ccc2c(c1)SC[C@H]2CC(=O)O. The lowest BCUT2D eigenvalue weighted by Gasteiger charge is -2.18. The van der Waals surface area contributed by atoms with Gasteiger partial charge >= 0.3 is 5.97 Å². The van der Waals surface area contributed by atoms with Crippen LogP contribution in [0.3, 0.4) is 0 Å². The third-order valence-corrected chi connectivity index (χ3v) is 7.63. The molecule has 5 heteroatoms. The van der Waals surface area contributed by atoms with Crippen molar-refractivity contribution in [3.05, 3.63) is 76.6 Å². The zero-order valence-corrected chi connectivity index (χ0v) is 18.5. The van der Waals surface area contributed by atoms with Gasteiger partial charge < -0.3 is 9.84 Å². The number of carboxylic acid groups (broad SMARTS) is 1. The van der Waals surface area contributed by atoms with Crippen LogP contribution in [0.15, 0.2) is 53.6 Å². The van der Waals surface area contributed by atoms with Crippen LogP contribution >= 0.6 is 11.8 Å². The minimum Gasteiger partial charge on any atom is -0.486 e. The number of rotatable bonds is 5. The number of hydrogen-bond acceptors (Lipinski definition) is 4. The number of aliphatic carboxylic acids is 1. The molecular formula is C26H25NO3S. The highest BCUT2D eigenvalue weighted by atomic mass is 32.2. The molecule has 0 radical (unpaired) electrons. The molecule has 3 aromatic rings. The molecule has 2 aliphatic rings. The second-order valence-electron chi connectivity index (χ2n) is 8.41. The number of aromatic nitrogens is 1. The van der Waals surface area contributed by atoms with E-state index in [1.807, 2.05) is 18.3 Å². The minimum absolute atomic E-state index is 0.0338. The Morgan fingerprint density at radius 3 is 2.87 bits per heavy atom. The van der Waals surface area contributed by atoms with Crippen molar-refractivity contribution in [3.63, 3.8) is 0 Å². The van der Waals surface area contributed by atoms with Crippen LogP contribution in [0.4, 0.5) is 0 Å². The van der Waals surface area contributed by atoms with Crippen molar-refractivity contribution >= 4 is 17.7 Å². The summed E-state index contributed by atoms with van der Waals surface area (Å²) in [6.45, 7) is 4.22. The molecule has 0 fully saturated rings. The molecule has 1 aliphatic carbocycles. The molecule has 5 rings (SSSR count). The molecule has 0 saturated heterocycles. The lowest BCUT2D eigenvalue weighted by Crippen LogP contribution is -2.06. The van der Waals surface area contributed by atoms with Crippen molar-refractivity contribution in [3.8, 4) is 16.9 Å². The number of thioether (sulfide) groups is 1. The van der Waals surface area contributed by atoms with Gasteiger partial charge in [0, 0.05) is 34.0 Å². The van der Waals surface area contributed by atoms with Gasteiger partial charge in [0.2, 0.25) is 0 Å². The molecule has 0 amide bonds. The fourth-order valence-corrected chi connectivity index (χ4v) is 6.23. The van der Waals surface area contributed by atoms with E-state index in [9.17, 15) is 4.79 Å². The molecule has 1 N–H and O–H groups in total. The van der Waals surface area contributed by atoms with Gasteiger partial charge in [-0.1, -0.05) is 24.3 Å². The van der Waals surface area contributed by atoms with Gasteiger partial charge in [0.05, 0.1) is 6.42 Å². The first-order valence-electron chi connectivity index (χ1n) is 10.7. The summed E-state index contributed by atoms with van der Waals surface area (Å²) in [5, 5.41) is 9.14. The Hall–Kier alpha value is -2.79. The molecule has 0 bridgehead atoms. The Balaban J connectivity index is 1.42. The quantitative estimate of drug-likeness (QED) is 0.529.